The third-order valence-electron chi connectivity index (χ3n) is 3.84. The van der Waals surface area contributed by atoms with Crippen LogP contribution in [0.2, 0.25) is 5.02 Å². The van der Waals surface area contributed by atoms with E-state index in [4.69, 9.17) is 17.3 Å². The van der Waals surface area contributed by atoms with Gasteiger partial charge < -0.3 is 5.73 Å². The fraction of sp³-hybridized carbons (Fsp3) is 0.222. The molecule has 26 heavy (non-hydrogen) atoms. The van der Waals surface area contributed by atoms with Crippen LogP contribution in [0.5, 0.6) is 0 Å². The number of nitro benzene ring substituents is 1. The largest absolute Gasteiger partial charge is 0.398 e. The average Bonchev–Trinajstić information content (AvgIpc) is 2.55. The highest BCUT2D eigenvalue weighted by atomic mass is 35.5. The lowest BCUT2D eigenvalue weighted by Crippen LogP contribution is -2.25. The number of Topliss-reactive ketones (excluding diaryl/α,β-unsaturated/α-hetero) is 2. The van der Waals surface area contributed by atoms with Gasteiger partial charge in [0.2, 0.25) is 0 Å². The first-order valence-corrected chi connectivity index (χ1v) is 8.93. The summed E-state index contributed by atoms with van der Waals surface area (Å²) >= 11 is 7.18. The number of halogens is 1. The summed E-state index contributed by atoms with van der Waals surface area (Å²) < 4.78 is 0. The van der Waals surface area contributed by atoms with Crippen LogP contribution in [0.3, 0.4) is 0 Å². The zero-order chi connectivity index (χ0) is 19.4. The molecule has 0 aliphatic rings. The van der Waals surface area contributed by atoms with Crippen molar-refractivity contribution in [1.29, 1.82) is 0 Å². The molecule has 1 atom stereocenters. The highest BCUT2D eigenvalue weighted by Gasteiger charge is 2.32. The Balaban J connectivity index is 2.49. The van der Waals surface area contributed by atoms with Crippen LogP contribution in [-0.4, -0.2) is 16.5 Å². The minimum absolute atomic E-state index is 0.0642. The molecule has 2 aromatic carbocycles. The van der Waals surface area contributed by atoms with Gasteiger partial charge in [0.15, 0.2) is 0 Å². The van der Waals surface area contributed by atoms with Crippen LogP contribution in [0.1, 0.15) is 24.7 Å². The van der Waals surface area contributed by atoms with E-state index >= 15 is 0 Å². The number of carbonyl (C=O) groups excluding carboxylic acids is 2. The van der Waals surface area contributed by atoms with Crippen LogP contribution >= 0.6 is 23.4 Å². The third-order valence-corrected chi connectivity index (χ3v) is 5.50. The van der Waals surface area contributed by atoms with Gasteiger partial charge in [0.1, 0.15) is 11.6 Å². The number of rotatable bonds is 7. The lowest BCUT2D eigenvalue weighted by Gasteiger charge is -2.24. The topological polar surface area (TPSA) is 103 Å². The molecular formula is C18H17ClN2O4S. The summed E-state index contributed by atoms with van der Waals surface area (Å²) in [5.41, 5.74) is 7.00. The normalized spacial score (nSPS) is 12.0. The molecule has 0 fully saturated rings. The Kier molecular flexibility index (Phi) is 6.39. The Morgan fingerprint density at radius 2 is 1.69 bits per heavy atom. The van der Waals surface area contributed by atoms with E-state index in [0.29, 0.717) is 21.2 Å². The predicted octanol–water partition coefficient (Wildman–Crippen LogP) is 4.46. The fourth-order valence-corrected chi connectivity index (χ4v) is 4.20. The fourth-order valence-electron chi connectivity index (χ4n) is 2.59. The predicted molar refractivity (Wildman–Crippen MR) is 102 cm³/mol. The van der Waals surface area contributed by atoms with Crippen molar-refractivity contribution in [2.24, 2.45) is 5.92 Å². The second-order valence-electron chi connectivity index (χ2n) is 5.77. The number of nitrogen functional groups attached to an aromatic ring is 1. The molecule has 2 aromatic rings. The number of hydrogen-bond acceptors (Lipinski definition) is 6. The summed E-state index contributed by atoms with van der Waals surface area (Å²) in [5.74, 6) is -1.45. The van der Waals surface area contributed by atoms with Crippen molar-refractivity contribution in [1.82, 2.24) is 0 Å². The first-order chi connectivity index (χ1) is 12.2. The van der Waals surface area contributed by atoms with E-state index in [9.17, 15) is 19.7 Å². The summed E-state index contributed by atoms with van der Waals surface area (Å²) in [6.45, 7) is 2.71. The summed E-state index contributed by atoms with van der Waals surface area (Å²) in [5, 5.41) is 10.8. The summed E-state index contributed by atoms with van der Waals surface area (Å²) in [4.78, 5) is 35.3. The Bertz CT molecular complexity index is 841. The van der Waals surface area contributed by atoms with E-state index in [1.807, 2.05) is 0 Å². The maximum Gasteiger partial charge on any atom is 0.269 e. The molecule has 1 unspecified atom stereocenters. The van der Waals surface area contributed by atoms with Crippen LogP contribution < -0.4 is 5.73 Å². The monoisotopic (exact) mass is 392 g/mol. The number of thioether (sulfide) groups is 1. The van der Waals surface area contributed by atoms with Gasteiger partial charge in [0.25, 0.3) is 5.69 Å². The number of nitrogens with zero attached hydrogens (tertiary/aromatic N) is 1. The van der Waals surface area contributed by atoms with E-state index < -0.39 is 16.1 Å². The van der Waals surface area contributed by atoms with E-state index in [1.54, 1.807) is 30.3 Å². The van der Waals surface area contributed by atoms with E-state index in [2.05, 4.69) is 0 Å². The SMILES string of the molecule is CC(=O)C(C(C)=O)C(Sc1ccc(Cl)cc1N)c1ccc([N+](=O)[O-])cc1. The quantitative estimate of drug-likeness (QED) is 0.245. The van der Waals surface area contributed by atoms with Crippen LogP contribution in [0, 0.1) is 16.0 Å². The number of nitro groups is 1. The molecule has 2 N–H and O–H groups in total. The molecule has 0 radical (unpaired) electrons. The zero-order valence-electron chi connectivity index (χ0n) is 14.1. The minimum atomic E-state index is -0.892. The molecule has 0 amide bonds. The molecule has 0 saturated carbocycles. The zero-order valence-corrected chi connectivity index (χ0v) is 15.7. The number of carbonyl (C=O) groups is 2. The van der Waals surface area contributed by atoms with Crippen molar-refractivity contribution in [2.75, 3.05) is 5.73 Å². The Hall–Kier alpha value is -2.38. The van der Waals surface area contributed by atoms with Crippen molar-refractivity contribution in [3.63, 3.8) is 0 Å². The van der Waals surface area contributed by atoms with Gasteiger partial charge >= 0.3 is 0 Å². The molecule has 6 nitrogen and oxygen atoms in total. The van der Waals surface area contributed by atoms with E-state index in [-0.39, 0.29) is 17.3 Å². The van der Waals surface area contributed by atoms with Crippen molar-refractivity contribution in [2.45, 2.75) is 24.0 Å². The Morgan fingerprint density at radius 3 is 2.15 bits per heavy atom. The van der Waals surface area contributed by atoms with Gasteiger partial charge in [-0.25, -0.2) is 0 Å². The smallest absolute Gasteiger partial charge is 0.269 e. The number of ketones is 2. The lowest BCUT2D eigenvalue weighted by atomic mass is 9.92. The molecule has 8 heteroatoms. The first kappa shape index (κ1) is 19.9. The molecule has 0 bridgehead atoms. The summed E-state index contributed by atoms with van der Waals surface area (Å²) in [7, 11) is 0. The van der Waals surface area contributed by atoms with Crippen LogP contribution in [0.4, 0.5) is 11.4 Å². The van der Waals surface area contributed by atoms with Gasteiger partial charge in [0, 0.05) is 27.7 Å². The standard InChI is InChI=1S/C18H17ClN2O4S/c1-10(22)17(11(2)23)18(12-3-6-14(7-4-12)21(24)25)26-16-8-5-13(19)9-15(16)20/h3-9,17-18H,20H2,1-2H3. The molecule has 0 aromatic heterocycles. The van der Waals surface area contributed by atoms with Gasteiger partial charge in [-0.05, 0) is 37.6 Å². The van der Waals surface area contributed by atoms with Crippen LogP contribution in [0.15, 0.2) is 47.4 Å². The maximum atomic E-state index is 12.1. The number of non-ortho nitro benzene ring substituents is 1. The van der Waals surface area contributed by atoms with Crippen LogP contribution in [0.25, 0.3) is 0 Å². The molecule has 0 spiro atoms. The van der Waals surface area contributed by atoms with Crippen molar-refractivity contribution in [3.05, 3.63) is 63.2 Å². The Labute approximate surface area is 159 Å². The lowest BCUT2D eigenvalue weighted by molar-refractivity contribution is -0.384. The molecule has 0 aliphatic carbocycles. The van der Waals surface area contributed by atoms with Gasteiger partial charge in [0.05, 0.1) is 16.1 Å². The maximum absolute atomic E-state index is 12.1. The van der Waals surface area contributed by atoms with Crippen molar-refractivity contribution < 1.29 is 14.5 Å². The summed E-state index contributed by atoms with van der Waals surface area (Å²) in [6, 6.07) is 10.8. The molecule has 136 valence electrons. The highest BCUT2D eigenvalue weighted by molar-refractivity contribution is 7.99. The second-order valence-corrected chi connectivity index (χ2v) is 7.39. The van der Waals surface area contributed by atoms with Crippen molar-refractivity contribution >= 4 is 46.3 Å². The van der Waals surface area contributed by atoms with Crippen molar-refractivity contribution in [3.8, 4) is 0 Å². The third kappa shape index (κ3) is 4.62. The number of benzene rings is 2. The average molecular weight is 393 g/mol. The second kappa shape index (κ2) is 8.33. The van der Waals surface area contributed by atoms with Gasteiger partial charge in [-0.2, -0.15) is 0 Å². The molecular weight excluding hydrogens is 376 g/mol. The first-order valence-electron chi connectivity index (χ1n) is 7.67. The van der Waals surface area contributed by atoms with Gasteiger partial charge in [-0.3, -0.25) is 19.7 Å². The molecule has 0 heterocycles. The van der Waals surface area contributed by atoms with Gasteiger partial charge in [-0.1, -0.05) is 23.7 Å². The van der Waals surface area contributed by atoms with Crippen LogP contribution in [-0.2, 0) is 9.59 Å². The number of anilines is 1. The number of nitrogens with two attached hydrogens (primary N) is 1. The minimum Gasteiger partial charge on any atom is -0.398 e. The summed E-state index contributed by atoms with van der Waals surface area (Å²) in [6.07, 6.45) is 0. The van der Waals surface area contributed by atoms with E-state index in [0.717, 1.165) is 0 Å². The molecule has 0 aliphatic heterocycles. The number of hydrogen-bond donors (Lipinski definition) is 1. The van der Waals surface area contributed by atoms with Gasteiger partial charge in [-0.15, -0.1) is 11.8 Å². The highest BCUT2D eigenvalue weighted by Crippen LogP contribution is 2.44. The molecule has 0 saturated heterocycles. The van der Waals surface area contributed by atoms with E-state index in [1.165, 1.54) is 37.7 Å². The molecule has 2 rings (SSSR count). The Morgan fingerprint density at radius 1 is 1.12 bits per heavy atom.